The maximum absolute atomic E-state index is 12.6. The van der Waals surface area contributed by atoms with E-state index in [1.807, 2.05) is 43.3 Å². The normalized spacial score (nSPS) is 13.1. The maximum Gasteiger partial charge on any atom is 0.282 e. The lowest BCUT2D eigenvalue weighted by Gasteiger charge is -2.08. The van der Waals surface area contributed by atoms with Gasteiger partial charge in [0.1, 0.15) is 4.88 Å². The fourth-order valence-electron chi connectivity index (χ4n) is 3.21. The van der Waals surface area contributed by atoms with Crippen molar-refractivity contribution >= 4 is 34.5 Å². The van der Waals surface area contributed by atoms with Gasteiger partial charge in [-0.15, -0.1) is 22.7 Å². The van der Waals surface area contributed by atoms with Gasteiger partial charge >= 0.3 is 0 Å². The second kappa shape index (κ2) is 7.62. The maximum atomic E-state index is 12.6. The number of benzene rings is 1. The van der Waals surface area contributed by atoms with Crippen LogP contribution in [0, 0.1) is 6.92 Å². The highest BCUT2D eigenvalue weighted by Crippen LogP contribution is 2.30. The number of hydrazine groups is 1. The van der Waals surface area contributed by atoms with E-state index in [0.717, 1.165) is 23.4 Å². The average Bonchev–Trinajstić information content (AvgIpc) is 3.30. The minimum atomic E-state index is -0.353. The zero-order valence-electron chi connectivity index (χ0n) is 14.9. The fourth-order valence-corrected chi connectivity index (χ4v) is 5.19. The van der Waals surface area contributed by atoms with Crippen LogP contribution in [0.4, 0.5) is 0 Å². The van der Waals surface area contributed by atoms with Crippen LogP contribution in [0.1, 0.15) is 47.6 Å². The van der Waals surface area contributed by atoms with E-state index in [1.165, 1.54) is 46.0 Å². The molecule has 0 unspecified atom stereocenters. The Morgan fingerprint density at radius 3 is 2.52 bits per heavy atom. The van der Waals surface area contributed by atoms with Gasteiger partial charge in [-0.1, -0.05) is 30.3 Å². The Morgan fingerprint density at radius 2 is 1.74 bits per heavy atom. The molecule has 3 aromatic rings. The Kier molecular flexibility index (Phi) is 5.05. The number of hydrogen-bond donors (Lipinski definition) is 2. The van der Waals surface area contributed by atoms with Crippen molar-refractivity contribution in [3.8, 4) is 11.3 Å². The van der Waals surface area contributed by atoms with Gasteiger partial charge in [-0.25, -0.2) is 4.98 Å². The topological polar surface area (TPSA) is 71.1 Å². The number of fused-ring (bicyclic) bond motifs is 1. The third kappa shape index (κ3) is 3.79. The molecule has 2 N–H and O–H groups in total. The lowest BCUT2D eigenvalue weighted by Crippen LogP contribution is -2.41. The number of thiophene rings is 1. The summed E-state index contributed by atoms with van der Waals surface area (Å²) in [7, 11) is 0. The van der Waals surface area contributed by atoms with E-state index in [4.69, 9.17) is 0 Å². The smallest absolute Gasteiger partial charge is 0.266 e. The van der Waals surface area contributed by atoms with E-state index >= 15 is 0 Å². The molecule has 2 aromatic heterocycles. The quantitative estimate of drug-likeness (QED) is 0.653. The van der Waals surface area contributed by atoms with Crippen molar-refractivity contribution in [1.29, 1.82) is 0 Å². The summed E-state index contributed by atoms with van der Waals surface area (Å²) in [6, 6.07) is 11.5. The van der Waals surface area contributed by atoms with Crippen molar-refractivity contribution in [2.24, 2.45) is 0 Å². The number of thiazole rings is 1. The van der Waals surface area contributed by atoms with Crippen LogP contribution in [0.2, 0.25) is 0 Å². The van der Waals surface area contributed by atoms with Gasteiger partial charge < -0.3 is 0 Å². The van der Waals surface area contributed by atoms with E-state index in [2.05, 4.69) is 15.8 Å². The molecule has 1 aliphatic rings. The highest BCUT2D eigenvalue weighted by molar-refractivity contribution is 7.14. The third-order valence-electron chi connectivity index (χ3n) is 4.50. The number of aryl methyl sites for hydroxylation is 3. The van der Waals surface area contributed by atoms with E-state index in [1.54, 1.807) is 0 Å². The predicted octanol–water partition coefficient (Wildman–Crippen LogP) is 4.13. The number of rotatable bonds is 3. The SMILES string of the molecule is Cc1nc(-c2ccccc2)c(C(=O)NNC(=O)c2cc3c(s2)CCCC3)s1. The molecule has 138 valence electrons. The van der Waals surface area contributed by atoms with Gasteiger partial charge in [0.2, 0.25) is 0 Å². The summed E-state index contributed by atoms with van der Waals surface area (Å²) in [4.78, 5) is 32.0. The zero-order valence-corrected chi connectivity index (χ0v) is 16.5. The highest BCUT2D eigenvalue weighted by atomic mass is 32.1. The Hall–Kier alpha value is -2.51. The number of hydrogen-bond acceptors (Lipinski definition) is 5. The highest BCUT2D eigenvalue weighted by Gasteiger charge is 2.20. The van der Waals surface area contributed by atoms with Gasteiger partial charge in [-0.2, -0.15) is 0 Å². The first-order chi connectivity index (χ1) is 13.1. The standard InChI is InChI=1S/C20H19N3O2S2/c1-12-21-17(13-7-3-2-4-8-13)18(26-12)20(25)23-22-19(24)16-11-14-9-5-6-10-15(14)27-16/h2-4,7-8,11H,5-6,9-10H2,1H3,(H,22,24)(H,23,25). The minimum Gasteiger partial charge on any atom is -0.266 e. The summed E-state index contributed by atoms with van der Waals surface area (Å²) in [5, 5.41) is 0.802. The summed E-state index contributed by atoms with van der Waals surface area (Å²) in [6.07, 6.45) is 4.43. The van der Waals surface area contributed by atoms with Crippen LogP contribution in [-0.2, 0) is 12.8 Å². The number of nitrogens with one attached hydrogen (secondary N) is 2. The molecular formula is C20H19N3O2S2. The van der Waals surface area contributed by atoms with E-state index < -0.39 is 0 Å². The van der Waals surface area contributed by atoms with Gasteiger partial charge in [0.05, 0.1) is 15.6 Å². The summed E-state index contributed by atoms with van der Waals surface area (Å²) in [5.74, 6) is -0.626. The van der Waals surface area contributed by atoms with Crippen LogP contribution >= 0.6 is 22.7 Å². The van der Waals surface area contributed by atoms with Crippen molar-refractivity contribution in [2.45, 2.75) is 32.6 Å². The summed E-state index contributed by atoms with van der Waals surface area (Å²) in [6.45, 7) is 1.86. The van der Waals surface area contributed by atoms with Gasteiger partial charge in [-0.05, 0) is 44.2 Å². The van der Waals surface area contributed by atoms with Crippen LogP contribution < -0.4 is 10.9 Å². The second-order valence-corrected chi connectivity index (χ2v) is 8.79. The van der Waals surface area contributed by atoms with E-state index in [-0.39, 0.29) is 11.8 Å². The molecule has 7 heteroatoms. The lowest BCUT2D eigenvalue weighted by molar-refractivity contribution is 0.0851. The first-order valence-electron chi connectivity index (χ1n) is 8.87. The molecule has 1 aliphatic carbocycles. The molecule has 0 spiro atoms. The molecule has 2 amide bonds. The van der Waals surface area contributed by atoms with Gasteiger partial charge in [-0.3, -0.25) is 20.4 Å². The van der Waals surface area contributed by atoms with Crippen molar-refractivity contribution in [3.05, 3.63) is 61.6 Å². The molecule has 0 saturated carbocycles. The number of carbonyl (C=O) groups excluding carboxylic acids is 2. The molecule has 0 bridgehead atoms. The number of amides is 2. The molecule has 0 fully saturated rings. The minimum absolute atomic E-state index is 0.273. The molecule has 0 saturated heterocycles. The van der Waals surface area contributed by atoms with Crippen molar-refractivity contribution < 1.29 is 9.59 Å². The van der Waals surface area contributed by atoms with Gasteiger partial charge in [0, 0.05) is 10.4 Å². The summed E-state index contributed by atoms with van der Waals surface area (Å²) < 4.78 is 0. The van der Waals surface area contributed by atoms with Crippen LogP contribution in [0.3, 0.4) is 0 Å². The lowest BCUT2D eigenvalue weighted by atomic mass is 9.99. The second-order valence-electron chi connectivity index (χ2n) is 6.45. The Labute approximate surface area is 165 Å². The Balaban J connectivity index is 1.47. The van der Waals surface area contributed by atoms with Crippen LogP contribution in [0.15, 0.2) is 36.4 Å². The molecule has 2 heterocycles. The first-order valence-corrected chi connectivity index (χ1v) is 10.5. The molecule has 0 radical (unpaired) electrons. The summed E-state index contributed by atoms with van der Waals surface area (Å²) in [5.41, 5.74) is 7.87. The van der Waals surface area contributed by atoms with Gasteiger partial charge in [0.15, 0.2) is 0 Å². The Bertz CT molecular complexity index is 969. The summed E-state index contributed by atoms with van der Waals surface area (Å²) >= 11 is 2.84. The van der Waals surface area contributed by atoms with Crippen LogP contribution in [0.25, 0.3) is 11.3 Å². The average molecular weight is 398 g/mol. The molecule has 27 heavy (non-hydrogen) atoms. The largest absolute Gasteiger partial charge is 0.282 e. The number of carbonyl (C=O) groups is 2. The first kappa shape index (κ1) is 17.9. The van der Waals surface area contributed by atoms with Crippen LogP contribution in [0.5, 0.6) is 0 Å². The fraction of sp³-hybridized carbons (Fsp3) is 0.250. The zero-order chi connectivity index (χ0) is 18.8. The molecule has 5 nitrogen and oxygen atoms in total. The Morgan fingerprint density at radius 1 is 1.00 bits per heavy atom. The molecule has 0 atom stereocenters. The van der Waals surface area contributed by atoms with E-state index in [9.17, 15) is 9.59 Å². The van der Waals surface area contributed by atoms with Gasteiger partial charge in [0.25, 0.3) is 11.8 Å². The van der Waals surface area contributed by atoms with Crippen molar-refractivity contribution in [2.75, 3.05) is 0 Å². The van der Waals surface area contributed by atoms with Crippen molar-refractivity contribution in [3.63, 3.8) is 0 Å². The molecule has 1 aromatic carbocycles. The van der Waals surface area contributed by atoms with Crippen molar-refractivity contribution in [1.82, 2.24) is 15.8 Å². The molecular weight excluding hydrogens is 378 g/mol. The monoisotopic (exact) mass is 397 g/mol. The van der Waals surface area contributed by atoms with Crippen LogP contribution in [-0.4, -0.2) is 16.8 Å². The molecule has 0 aliphatic heterocycles. The number of nitrogens with zero attached hydrogens (tertiary/aromatic N) is 1. The predicted molar refractivity (Wildman–Crippen MR) is 108 cm³/mol. The molecule has 4 rings (SSSR count). The third-order valence-corrected chi connectivity index (χ3v) is 6.70. The number of aromatic nitrogens is 1. The van der Waals surface area contributed by atoms with E-state index in [0.29, 0.717) is 15.4 Å².